The Morgan fingerprint density at radius 2 is 1.71 bits per heavy atom. The number of alkyl carbamates (subject to hydrolysis) is 1. The topological polar surface area (TPSA) is 174 Å². The Balaban J connectivity index is 0.00000400. The van der Waals surface area contributed by atoms with Gasteiger partial charge >= 0.3 is 35.7 Å². The predicted molar refractivity (Wildman–Crippen MR) is 132 cm³/mol. The molecular weight excluding hydrogens is 525 g/mol. The molecule has 5 fully saturated rings. The number of carbonyl (C=O) groups excluding carboxylic acids is 3. The van der Waals surface area contributed by atoms with Gasteiger partial charge < -0.3 is 30.3 Å². The van der Waals surface area contributed by atoms with Crippen LogP contribution in [0.25, 0.3) is 0 Å². The van der Waals surface area contributed by atoms with Crippen LogP contribution >= 0.6 is 0 Å². The van der Waals surface area contributed by atoms with E-state index in [9.17, 15) is 32.5 Å². The molecule has 0 spiro atoms. The van der Waals surface area contributed by atoms with Crippen molar-refractivity contribution in [1.82, 2.24) is 16.0 Å². The van der Waals surface area contributed by atoms with Crippen LogP contribution in [0, 0.1) is 35.0 Å². The number of aliphatic hydroxyl groups is 1. The summed E-state index contributed by atoms with van der Waals surface area (Å²) in [6.45, 7) is 4.42. The van der Waals surface area contributed by atoms with E-state index in [1.807, 2.05) is 13.8 Å². The van der Waals surface area contributed by atoms with Gasteiger partial charge in [-0.3, -0.25) is 9.59 Å². The maximum Gasteiger partial charge on any atom is 1.00 e. The molecule has 4 saturated carbocycles. The molecule has 4 aliphatic carbocycles. The zero-order valence-electron chi connectivity index (χ0n) is 22.6. The number of hydrogen-bond acceptors (Lipinski definition) is 8. The van der Waals surface area contributed by atoms with Gasteiger partial charge in [0.1, 0.15) is 16.2 Å². The molecule has 210 valence electrons. The molecule has 1 heterocycles. The summed E-state index contributed by atoms with van der Waals surface area (Å²) in [7, 11) is -5.16. The summed E-state index contributed by atoms with van der Waals surface area (Å²) in [6.07, 6.45) is 6.71. The molecule has 0 aromatic heterocycles. The minimum Gasteiger partial charge on any atom is -0.746 e. The van der Waals surface area contributed by atoms with Crippen LogP contribution < -0.4 is 45.5 Å². The van der Waals surface area contributed by atoms with Crippen molar-refractivity contribution >= 4 is 28.0 Å². The van der Waals surface area contributed by atoms with Crippen LogP contribution in [0.3, 0.4) is 0 Å². The Bertz CT molecular complexity index is 956. The van der Waals surface area contributed by atoms with Crippen LogP contribution in [-0.2, 0) is 24.4 Å². The summed E-state index contributed by atoms with van der Waals surface area (Å²) in [5.74, 6) is 0.390. The van der Waals surface area contributed by atoms with Crippen molar-refractivity contribution in [3.05, 3.63) is 0 Å². The van der Waals surface area contributed by atoms with Gasteiger partial charge in [0.05, 0.1) is 12.6 Å². The molecule has 1 unspecified atom stereocenters. The van der Waals surface area contributed by atoms with Crippen LogP contribution in [0.5, 0.6) is 0 Å². The van der Waals surface area contributed by atoms with Crippen molar-refractivity contribution in [3.63, 3.8) is 0 Å². The van der Waals surface area contributed by atoms with Gasteiger partial charge in [-0.1, -0.05) is 13.8 Å². The van der Waals surface area contributed by atoms with E-state index in [0.717, 1.165) is 19.3 Å². The van der Waals surface area contributed by atoms with E-state index in [1.165, 1.54) is 19.3 Å². The van der Waals surface area contributed by atoms with E-state index in [4.69, 9.17) is 4.74 Å². The minimum absolute atomic E-state index is 0. The average Bonchev–Trinajstić information content (AvgIpc) is 3.18. The van der Waals surface area contributed by atoms with E-state index < -0.39 is 45.6 Å². The van der Waals surface area contributed by atoms with E-state index >= 15 is 0 Å². The number of hydrogen-bond donors (Lipinski definition) is 4. The standard InChI is InChI=1S/C25H41N3O8S.Na/c1-14(2)5-19(22(30)27-20(23(31)37(33,34)35)9-18-3-4-26-21(18)29)28-24(32)36-13-25-10-15-6-16(11-25)8-17(7-15)12-25;/h14-20,23,31H,3-13H2,1-2H3,(H,26,29)(H,27,30)(H,28,32)(H,33,34,35);/q;+1/p-1/t15?,16?,17?,18-,19-,20-,23?,25?;/m0./s1. The first-order valence-corrected chi connectivity index (χ1v) is 14.9. The zero-order valence-corrected chi connectivity index (χ0v) is 25.4. The third-order valence-electron chi connectivity index (χ3n) is 8.66. The smallest absolute Gasteiger partial charge is 0.746 e. The first-order chi connectivity index (χ1) is 17.3. The maximum absolute atomic E-state index is 13.1. The Labute approximate surface area is 247 Å². The second-order valence-corrected chi connectivity index (χ2v) is 13.8. The number of aliphatic hydroxyl groups excluding tert-OH is 1. The molecule has 3 amide bonds. The van der Waals surface area contributed by atoms with Gasteiger partial charge in [-0.2, -0.15) is 0 Å². The summed E-state index contributed by atoms with van der Waals surface area (Å²) in [6, 6.07) is -2.56. The SMILES string of the molecule is CC(C)C[C@H](NC(=O)OCC12CC3CC(CC(C3)C1)C2)C(=O)N[C@@H](C[C@@H]1CCNC1=O)C(O)S(=O)(=O)[O-].[Na+]. The first kappa shape index (κ1) is 31.6. The van der Waals surface area contributed by atoms with Crippen molar-refractivity contribution < 1.29 is 66.8 Å². The third-order valence-corrected chi connectivity index (χ3v) is 9.58. The third kappa shape index (κ3) is 7.84. The van der Waals surface area contributed by atoms with Crippen LogP contribution in [-0.4, -0.2) is 66.7 Å². The summed E-state index contributed by atoms with van der Waals surface area (Å²) in [5, 5.41) is 17.8. The van der Waals surface area contributed by atoms with Gasteiger partial charge in [-0.05, 0) is 81.5 Å². The number of ether oxygens (including phenoxy) is 1. The fourth-order valence-corrected chi connectivity index (χ4v) is 8.06. The summed E-state index contributed by atoms with van der Waals surface area (Å²) in [5.41, 5.74) is -2.41. The molecule has 4 bridgehead atoms. The van der Waals surface area contributed by atoms with Crippen molar-refractivity contribution in [2.45, 2.75) is 89.2 Å². The molecule has 0 aromatic carbocycles. The van der Waals surface area contributed by atoms with Gasteiger partial charge in [-0.25, -0.2) is 13.2 Å². The Hall–Kier alpha value is -0.920. The summed E-state index contributed by atoms with van der Waals surface area (Å²) >= 11 is 0. The summed E-state index contributed by atoms with van der Waals surface area (Å²) in [4.78, 5) is 37.9. The van der Waals surface area contributed by atoms with Crippen molar-refractivity contribution in [2.24, 2.45) is 35.0 Å². The van der Waals surface area contributed by atoms with Gasteiger partial charge in [0.2, 0.25) is 11.8 Å². The molecule has 38 heavy (non-hydrogen) atoms. The number of nitrogens with one attached hydrogen (secondary N) is 3. The second-order valence-electron chi connectivity index (χ2n) is 12.3. The molecule has 0 radical (unpaired) electrons. The zero-order chi connectivity index (χ0) is 27.0. The van der Waals surface area contributed by atoms with Gasteiger partial charge in [0, 0.05) is 17.9 Å². The van der Waals surface area contributed by atoms with Crippen LogP contribution in [0.15, 0.2) is 0 Å². The number of rotatable bonds is 11. The maximum atomic E-state index is 13.1. The Kier molecular flexibility index (Phi) is 10.6. The molecule has 4 atom stereocenters. The van der Waals surface area contributed by atoms with Gasteiger partial charge in [0.15, 0.2) is 5.44 Å². The quantitative estimate of drug-likeness (QED) is 0.168. The molecule has 5 rings (SSSR count). The Morgan fingerprint density at radius 3 is 2.18 bits per heavy atom. The monoisotopic (exact) mass is 565 g/mol. The first-order valence-electron chi connectivity index (χ1n) is 13.5. The second kappa shape index (κ2) is 12.7. The van der Waals surface area contributed by atoms with Gasteiger partial charge in [0.25, 0.3) is 0 Å². The minimum atomic E-state index is -5.16. The average molecular weight is 566 g/mol. The van der Waals surface area contributed by atoms with E-state index in [1.54, 1.807) is 0 Å². The number of amides is 3. The van der Waals surface area contributed by atoms with Crippen molar-refractivity contribution in [1.29, 1.82) is 0 Å². The number of carbonyl (C=O) groups is 3. The molecule has 4 N–H and O–H groups in total. The van der Waals surface area contributed by atoms with Crippen LogP contribution in [0.1, 0.15) is 71.6 Å². The van der Waals surface area contributed by atoms with E-state index in [0.29, 0.717) is 37.3 Å². The van der Waals surface area contributed by atoms with Crippen molar-refractivity contribution in [2.75, 3.05) is 13.2 Å². The molecule has 5 aliphatic rings. The summed E-state index contributed by atoms with van der Waals surface area (Å²) < 4.78 is 40.2. The van der Waals surface area contributed by atoms with Gasteiger partial charge in [-0.15, -0.1) is 0 Å². The largest absolute Gasteiger partial charge is 1.00 e. The van der Waals surface area contributed by atoms with Crippen LogP contribution in [0.4, 0.5) is 4.79 Å². The molecule has 1 aliphatic heterocycles. The molecule has 1 saturated heterocycles. The fraction of sp³-hybridized carbons (Fsp3) is 0.880. The normalized spacial score (nSPS) is 32.2. The van der Waals surface area contributed by atoms with E-state index in [2.05, 4.69) is 16.0 Å². The molecule has 11 nitrogen and oxygen atoms in total. The predicted octanol–water partition coefficient (Wildman–Crippen LogP) is -1.78. The fourth-order valence-electron chi connectivity index (χ4n) is 7.48. The molecule has 13 heteroatoms. The van der Waals surface area contributed by atoms with E-state index in [-0.39, 0.29) is 59.6 Å². The van der Waals surface area contributed by atoms with Crippen molar-refractivity contribution in [3.8, 4) is 0 Å². The molecular formula is C25H40N3NaO8S. The molecule has 0 aromatic rings. The van der Waals surface area contributed by atoms with Crippen LogP contribution in [0.2, 0.25) is 0 Å². The Morgan fingerprint density at radius 1 is 1.13 bits per heavy atom.